The van der Waals surface area contributed by atoms with Crippen LogP contribution >= 0.6 is 0 Å². The Morgan fingerprint density at radius 3 is 2.44 bits per heavy atom. The molecule has 0 spiro atoms. The Bertz CT molecular complexity index is 1180. The number of nitrogens with two attached hydrogens (primary N) is 1. The summed E-state index contributed by atoms with van der Waals surface area (Å²) in [7, 11) is 0. The highest BCUT2D eigenvalue weighted by molar-refractivity contribution is 5.84. The second kappa shape index (κ2) is 9.75. The fraction of sp³-hybridized carbons (Fsp3) is 0.346. The molecule has 0 bridgehead atoms. The van der Waals surface area contributed by atoms with E-state index in [-0.39, 0.29) is 11.9 Å². The maximum Gasteiger partial charge on any atom is 0.142 e. The van der Waals surface area contributed by atoms with Crippen molar-refractivity contribution in [3.63, 3.8) is 0 Å². The van der Waals surface area contributed by atoms with Gasteiger partial charge >= 0.3 is 0 Å². The van der Waals surface area contributed by atoms with Gasteiger partial charge in [0.2, 0.25) is 0 Å². The topological polar surface area (TPSA) is 85.3 Å². The van der Waals surface area contributed by atoms with Crippen molar-refractivity contribution in [2.24, 2.45) is 0 Å². The summed E-state index contributed by atoms with van der Waals surface area (Å²) in [5, 5.41) is 9.39. The van der Waals surface area contributed by atoms with Crippen molar-refractivity contribution in [3.05, 3.63) is 71.8 Å². The van der Waals surface area contributed by atoms with Gasteiger partial charge in [-0.15, -0.1) is 0 Å². The lowest BCUT2D eigenvalue weighted by molar-refractivity contribution is 0.0966. The average molecular weight is 458 g/mol. The Kier molecular flexibility index (Phi) is 6.39. The van der Waals surface area contributed by atoms with E-state index in [1.54, 1.807) is 12.1 Å². The molecule has 3 heterocycles. The number of hydrogen-bond acceptors (Lipinski definition) is 7. The first-order valence-electron chi connectivity index (χ1n) is 11.7. The number of likely N-dealkylation sites (tertiary alicyclic amines) is 1. The minimum Gasteiger partial charge on any atom is -0.383 e. The number of hydrogen-bond donors (Lipinski definition) is 1. The van der Waals surface area contributed by atoms with Crippen LogP contribution in [0.25, 0.3) is 11.1 Å². The summed E-state index contributed by atoms with van der Waals surface area (Å²) in [4.78, 5) is 16.0. The fourth-order valence-electron chi connectivity index (χ4n) is 4.82. The van der Waals surface area contributed by atoms with E-state index in [1.807, 2.05) is 18.2 Å². The van der Waals surface area contributed by atoms with Crippen LogP contribution in [0.5, 0.6) is 0 Å². The van der Waals surface area contributed by atoms with Crippen LogP contribution < -0.4 is 10.6 Å². The first kappa shape index (κ1) is 22.3. The second-order valence-electron chi connectivity index (χ2n) is 8.89. The lowest BCUT2D eigenvalue weighted by Gasteiger charge is -2.43. The molecule has 2 aliphatic heterocycles. The Labute approximate surface area is 199 Å². The molecule has 2 saturated heterocycles. The summed E-state index contributed by atoms with van der Waals surface area (Å²) in [6, 6.07) is 16.8. The normalized spacial score (nSPS) is 17.7. The van der Waals surface area contributed by atoms with Gasteiger partial charge in [0.1, 0.15) is 23.8 Å². The third-order valence-electron chi connectivity index (χ3n) is 6.82. The van der Waals surface area contributed by atoms with Crippen molar-refractivity contribution in [1.29, 1.82) is 5.26 Å². The maximum absolute atomic E-state index is 13.5. The van der Waals surface area contributed by atoms with Gasteiger partial charge in [0.25, 0.3) is 0 Å². The van der Waals surface area contributed by atoms with Crippen LogP contribution in [0.15, 0.2) is 54.9 Å². The molecule has 2 aromatic carbocycles. The van der Waals surface area contributed by atoms with Gasteiger partial charge in [-0.2, -0.15) is 5.26 Å². The van der Waals surface area contributed by atoms with E-state index in [4.69, 9.17) is 5.73 Å². The predicted molar refractivity (Wildman–Crippen MR) is 131 cm³/mol. The number of nitrogens with zero attached hydrogens (tertiary/aromatic N) is 6. The van der Waals surface area contributed by atoms with Gasteiger partial charge in [-0.1, -0.05) is 24.3 Å². The van der Waals surface area contributed by atoms with E-state index in [0.717, 1.165) is 62.8 Å². The quantitative estimate of drug-likeness (QED) is 0.608. The van der Waals surface area contributed by atoms with E-state index in [1.165, 1.54) is 30.4 Å². The zero-order chi connectivity index (χ0) is 23.5. The highest BCUT2D eigenvalue weighted by Gasteiger charge is 2.30. The highest BCUT2D eigenvalue weighted by Crippen LogP contribution is 2.34. The van der Waals surface area contributed by atoms with Crippen molar-refractivity contribution in [2.45, 2.75) is 12.5 Å². The average Bonchev–Trinajstić information content (AvgIpc) is 2.84. The predicted octanol–water partition coefficient (Wildman–Crippen LogP) is 3.31. The molecule has 0 radical (unpaired) electrons. The smallest absolute Gasteiger partial charge is 0.142 e. The van der Waals surface area contributed by atoms with Crippen molar-refractivity contribution in [1.82, 2.24) is 19.8 Å². The van der Waals surface area contributed by atoms with Gasteiger partial charge in [-0.05, 0) is 54.9 Å². The number of nitrogen functional groups attached to an aromatic ring is 1. The van der Waals surface area contributed by atoms with Crippen LogP contribution in [0.4, 0.5) is 16.0 Å². The largest absolute Gasteiger partial charge is 0.383 e. The Morgan fingerprint density at radius 1 is 1.00 bits per heavy atom. The van der Waals surface area contributed by atoms with Crippen molar-refractivity contribution in [3.8, 4) is 17.2 Å². The molecule has 2 N–H and O–H groups in total. The molecule has 3 aromatic rings. The zero-order valence-electron chi connectivity index (χ0n) is 19.1. The number of rotatable bonds is 6. The van der Waals surface area contributed by atoms with Crippen molar-refractivity contribution < 1.29 is 4.39 Å². The first-order valence-corrected chi connectivity index (χ1v) is 11.7. The molecule has 8 heteroatoms. The molecular weight excluding hydrogens is 429 g/mol. The minimum atomic E-state index is -0.289. The standard InChI is InChI=1S/C26H28FN7/c27-22-7-5-20(6-8-22)24-25(29)30-18-31-26(24)34-13-11-33(12-14-34)23(17-32-9-2-10-32)21-4-1-3-19(15-21)16-28/h1,3-8,15,18,23H,2,9-14,17H2,(H2,29,30,31). The molecule has 174 valence electrons. The summed E-state index contributed by atoms with van der Waals surface area (Å²) >= 11 is 0. The Hall–Kier alpha value is -3.54. The maximum atomic E-state index is 13.5. The lowest BCUT2D eigenvalue weighted by Crippen LogP contribution is -2.51. The number of halogens is 1. The summed E-state index contributed by atoms with van der Waals surface area (Å²) < 4.78 is 13.5. The van der Waals surface area contributed by atoms with Gasteiger partial charge in [-0.25, -0.2) is 14.4 Å². The van der Waals surface area contributed by atoms with Gasteiger partial charge < -0.3 is 15.5 Å². The molecule has 0 saturated carbocycles. The summed E-state index contributed by atoms with van der Waals surface area (Å²) in [5.41, 5.74) is 9.68. The lowest BCUT2D eigenvalue weighted by atomic mass is 10.00. The minimum absolute atomic E-state index is 0.239. The fourth-order valence-corrected chi connectivity index (χ4v) is 4.82. The third-order valence-corrected chi connectivity index (χ3v) is 6.82. The van der Waals surface area contributed by atoms with E-state index in [2.05, 4.69) is 36.8 Å². The van der Waals surface area contributed by atoms with Gasteiger partial charge in [0.05, 0.1) is 17.2 Å². The molecule has 1 atom stereocenters. The van der Waals surface area contributed by atoms with Crippen LogP contribution in [0, 0.1) is 17.1 Å². The number of benzene rings is 2. The van der Waals surface area contributed by atoms with Crippen molar-refractivity contribution >= 4 is 11.6 Å². The Morgan fingerprint density at radius 2 is 1.76 bits per heavy atom. The van der Waals surface area contributed by atoms with E-state index in [0.29, 0.717) is 11.4 Å². The van der Waals surface area contributed by atoms with Gasteiger partial charge in [-0.3, -0.25) is 4.90 Å². The molecular formula is C26H28FN7. The molecule has 0 aliphatic carbocycles. The summed E-state index contributed by atoms with van der Waals surface area (Å²) in [6.07, 6.45) is 2.74. The molecule has 1 unspecified atom stereocenters. The molecule has 1 aromatic heterocycles. The van der Waals surface area contributed by atoms with Crippen LogP contribution in [-0.4, -0.2) is 65.6 Å². The summed E-state index contributed by atoms with van der Waals surface area (Å²) in [5.74, 6) is 0.885. The molecule has 7 nitrogen and oxygen atoms in total. The summed E-state index contributed by atoms with van der Waals surface area (Å²) in [6.45, 7) is 6.55. The van der Waals surface area contributed by atoms with Crippen LogP contribution in [0.2, 0.25) is 0 Å². The second-order valence-corrected chi connectivity index (χ2v) is 8.89. The SMILES string of the molecule is N#Cc1cccc(C(CN2CCC2)N2CCN(c3ncnc(N)c3-c3ccc(F)cc3)CC2)c1. The highest BCUT2D eigenvalue weighted by atomic mass is 19.1. The number of nitriles is 1. The van der Waals surface area contributed by atoms with E-state index >= 15 is 0 Å². The monoisotopic (exact) mass is 457 g/mol. The third kappa shape index (κ3) is 4.58. The Balaban J connectivity index is 1.37. The van der Waals surface area contributed by atoms with Crippen molar-refractivity contribution in [2.75, 3.05) is 56.4 Å². The first-order chi connectivity index (χ1) is 16.6. The molecule has 5 rings (SSSR count). The zero-order valence-corrected chi connectivity index (χ0v) is 19.1. The van der Waals surface area contributed by atoms with Gasteiger partial charge in [0, 0.05) is 38.8 Å². The van der Waals surface area contributed by atoms with Crippen LogP contribution in [0.3, 0.4) is 0 Å². The number of anilines is 2. The van der Waals surface area contributed by atoms with Crippen LogP contribution in [-0.2, 0) is 0 Å². The van der Waals surface area contributed by atoms with E-state index in [9.17, 15) is 9.65 Å². The number of aromatic nitrogens is 2. The molecule has 2 fully saturated rings. The van der Waals surface area contributed by atoms with Crippen LogP contribution in [0.1, 0.15) is 23.6 Å². The molecule has 2 aliphatic rings. The van der Waals surface area contributed by atoms with E-state index < -0.39 is 0 Å². The molecule has 34 heavy (non-hydrogen) atoms. The van der Waals surface area contributed by atoms with Gasteiger partial charge in [0.15, 0.2) is 0 Å². The molecule has 0 amide bonds. The number of piperazine rings is 1.